The Labute approximate surface area is 112 Å². The Morgan fingerprint density at radius 2 is 1.78 bits per heavy atom. The second-order valence-electron chi connectivity index (χ2n) is 5.57. The third kappa shape index (κ3) is 5.25. The van der Waals surface area contributed by atoms with Gasteiger partial charge in [-0.2, -0.15) is 0 Å². The Morgan fingerprint density at radius 3 is 2.44 bits per heavy atom. The summed E-state index contributed by atoms with van der Waals surface area (Å²) in [6.07, 6.45) is 8.20. The summed E-state index contributed by atoms with van der Waals surface area (Å²) in [5, 5.41) is 20.0. The molecule has 0 amide bonds. The first-order valence-electron chi connectivity index (χ1n) is 7.70. The van der Waals surface area contributed by atoms with Crippen molar-refractivity contribution >= 4 is 0 Å². The summed E-state index contributed by atoms with van der Waals surface area (Å²) in [5.41, 5.74) is 0. The molecule has 0 unspecified atom stereocenters. The minimum absolute atomic E-state index is 0.0534. The molecule has 1 saturated heterocycles. The van der Waals surface area contributed by atoms with Crippen LogP contribution < -0.4 is 0 Å². The molecular formula is C15H30O3. The Balaban J connectivity index is 2.24. The van der Waals surface area contributed by atoms with Crippen molar-refractivity contribution in [1.82, 2.24) is 0 Å². The van der Waals surface area contributed by atoms with Gasteiger partial charge in [-0.15, -0.1) is 0 Å². The van der Waals surface area contributed by atoms with Crippen LogP contribution in [0.5, 0.6) is 0 Å². The van der Waals surface area contributed by atoms with E-state index in [2.05, 4.69) is 13.8 Å². The highest BCUT2D eigenvalue weighted by molar-refractivity contribution is 4.85. The van der Waals surface area contributed by atoms with Crippen molar-refractivity contribution in [2.24, 2.45) is 0 Å². The number of unbranched alkanes of at least 4 members (excludes halogenated alkanes) is 4. The lowest BCUT2D eigenvalue weighted by Gasteiger charge is -2.19. The van der Waals surface area contributed by atoms with E-state index in [0.29, 0.717) is 6.42 Å². The molecule has 1 heterocycles. The Hall–Kier alpha value is -0.120. The van der Waals surface area contributed by atoms with Gasteiger partial charge in [0.25, 0.3) is 0 Å². The van der Waals surface area contributed by atoms with Gasteiger partial charge in [-0.25, -0.2) is 0 Å². The maximum atomic E-state index is 10.0. The second kappa shape index (κ2) is 8.89. The van der Waals surface area contributed by atoms with Gasteiger partial charge in [-0.1, -0.05) is 52.4 Å². The molecule has 0 spiro atoms. The van der Waals surface area contributed by atoms with Crippen molar-refractivity contribution in [3.05, 3.63) is 0 Å². The van der Waals surface area contributed by atoms with Crippen LogP contribution in [0.2, 0.25) is 0 Å². The predicted molar refractivity (Wildman–Crippen MR) is 73.6 cm³/mol. The van der Waals surface area contributed by atoms with Crippen LogP contribution in [0, 0.1) is 0 Å². The van der Waals surface area contributed by atoms with Crippen LogP contribution in [-0.4, -0.2) is 34.6 Å². The molecule has 0 saturated carbocycles. The normalized spacial score (nSPS) is 29.7. The molecule has 2 N–H and O–H groups in total. The summed E-state index contributed by atoms with van der Waals surface area (Å²) in [7, 11) is 0. The SMILES string of the molecule is CCCCC[C@@H](O)[C@@H]1C[C@H](O)[C@H](CCCCC)O1. The largest absolute Gasteiger partial charge is 0.390 e. The van der Waals surface area contributed by atoms with Crippen molar-refractivity contribution in [1.29, 1.82) is 0 Å². The quantitative estimate of drug-likeness (QED) is 0.625. The van der Waals surface area contributed by atoms with E-state index in [4.69, 9.17) is 4.74 Å². The fourth-order valence-electron chi connectivity index (χ4n) is 2.65. The van der Waals surface area contributed by atoms with Crippen LogP contribution in [0.4, 0.5) is 0 Å². The fourth-order valence-corrected chi connectivity index (χ4v) is 2.65. The molecule has 0 radical (unpaired) electrons. The molecule has 108 valence electrons. The van der Waals surface area contributed by atoms with E-state index in [1.54, 1.807) is 0 Å². The maximum absolute atomic E-state index is 10.0. The summed E-state index contributed by atoms with van der Waals surface area (Å²) in [4.78, 5) is 0. The van der Waals surface area contributed by atoms with E-state index >= 15 is 0 Å². The van der Waals surface area contributed by atoms with Gasteiger partial charge in [0.1, 0.15) is 0 Å². The molecular weight excluding hydrogens is 228 g/mol. The van der Waals surface area contributed by atoms with Crippen molar-refractivity contribution in [3.63, 3.8) is 0 Å². The predicted octanol–water partition coefficient (Wildman–Crippen LogP) is 3.03. The van der Waals surface area contributed by atoms with Crippen molar-refractivity contribution < 1.29 is 14.9 Å². The molecule has 1 fully saturated rings. The highest BCUT2D eigenvalue weighted by Crippen LogP contribution is 2.28. The number of aliphatic hydroxyl groups excluding tert-OH is 2. The van der Waals surface area contributed by atoms with Gasteiger partial charge in [0.05, 0.1) is 24.4 Å². The average molecular weight is 258 g/mol. The molecule has 1 rings (SSSR count). The summed E-state index contributed by atoms with van der Waals surface area (Å²) < 4.78 is 5.81. The highest BCUT2D eigenvalue weighted by Gasteiger charge is 2.36. The monoisotopic (exact) mass is 258 g/mol. The third-order valence-corrected chi connectivity index (χ3v) is 3.88. The highest BCUT2D eigenvalue weighted by atomic mass is 16.5. The van der Waals surface area contributed by atoms with Gasteiger partial charge in [-0.05, 0) is 12.8 Å². The lowest BCUT2D eigenvalue weighted by Crippen LogP contribution is -2.26. The van der Waals surface area contributed by atoms with E-state index in [1.165, 1.54) is 19.3 Å². The molecule has 3 heteroatoms. The Bertz CT molecular complexity index is 208. The van der Waals surface area contributed by atoms with Gasteiger partial charge in [-0.3, -0.25) is 0 Å². The summed E-state index contributed by atoms with van der Waals surface area (Å²) in [6.45, 7) is 4.33. The minimum atomic E-state index is -0.401. The van der Waals surface area contributed by atoms with Gasteiger partial charge in [0.2, 0.25) is 0 Å². The lowest BCUT2D eigenvalue weighted by atomic mass is 10.0. The van der Waals surface area contributed by atoms with Gasteiger partial charge in [0, 0.05) is 6.42 Å². The maximum Gasteiger partial charge on any atom is 0.0864 e. The summed E-state index contributed by atoms with van der Waals surface area (Å²) in [6, 6.07) is 0. The van der Waals surface area contributed by atoms with E-state index in [-0.39, 0.29) is 18.3 Å². The molecule has 0 aromatic heterocycles. The minimum Gasteiger partial charge on any atom is -0.390 e. The molecule has 0 aromatic rings. The lowest BCUT2D eigenvalue weighted by molar-refractivity contribution is -0.0498. The Morgan fingerprint density at radius 1 is 1.11 bits per heavy atom. The first-order valence-corrected chi connectivity index (χ1v) is 7.70. The van der Waals surface area contributed by atoms with Crippen LogP contribution in [0.25, 0.3) is 0 Å². The topological polar surface area (TPSA) is 49.7 Å². The fraction of sp³-hybridized carbons (Fsp3) is 1.00. The van der Waals surface area contributed by atoms with Crippen molar-refractivity contribution in [3.8, 4) is 0 Å². The van der Waals surface area contributed by atoms with Gasteiger partial charge in [0.15, 0.2) is 0 Å². The molecule has 4 atom stereocenters. The molecule has 1 aliphatic heterocycles. The molecule has 1 aliphatic rings. The number of aliphatic hydroxyl groups is 2. The first kappa shape index (κ1) is 15.9. The second-order valence-corrected chi connectivity index (χ2v) is 5.57. The van der Waals surface area contributed by atoms with Crippen LogP contribution in [0.15, 0.2) is 0 Å². The van der Waals surface area contributed by atoms with E-state index in [0.717, 1.165) is 32.1 Å². The molecule has 0 aromatic carbocycles. The van der Waals surface area contributed by atoms with E-state index in [1.807, 2.05) is 0 Å². The number of ether oxygens (including phenoxy) is 1. The van der Waals surface area contributed by atoms with Crippen LogP contribution in [-0.2, 0) is 4.74 Å². The molecule has 0 aliphatic carbocycles. The van der Waals surface area contributed by atoms with Crippen molar-refractivity contribution in [2.45, 2.75) is 96.1 Å². The zero-order valence-corrected chi connectivity index (χ0v) is 12.0. The summed E-state index contributed by atoms with van der Waals surface area (Å²) in [5.74, 6) is 0. The van der Waals surface area contributed by atoms with E-state index in [9.17, 15) is 10.2 Å². The molecule has 18 heavy (non-hydrogen) atoms. The first-order chi connectivity index (χ1) is 8.69. The number of rotatable bonds is 9. The molecule has 3 nitrogen and oxygen atoms in total. The zero-order valence-electron chi connectivity index (χ0n) is 12.0. The zero-order chi connectivity index (χ0) is 13.4. The number of hydrogen-bond acceptors (Lipinski definition) is 3. The van der Waals surface area contributed by atoms with Gasteiger partial charge >= 0.3 is 0 Å². The summed E-state index contributed by atoms with van der Waals surface area (Å²) >= 11 is 0. The van der Waals surface area contributed by atoms with Gasteiger partial charge < -0.3 is 14.9 Å². The van der Waals surface area contributed by atoms with Crippen LogP contribution in [0.1, 0.15) is 71.6 Å². The Kier molecular flexibility index (Phi) is 7.87. The van der Waals surface area contributed by atoms with Crippen LogP contribution in [0.3, 0.4) is 0 Å². The van der Waals surface area contributed by atoms with Crippen LogP contribution >= 0.6 is 0 Å². The smallest absolute Gasteiger partial charge is 0.0864 e. The van der Waals surface area contributed by atoms with E-state index < -0.39 is 6.10 Å². The average Bonchev–Trinajstić information content (AvgIpc) is 2.72. The molecule has 0 bridgehead atoms. The standard InChI is InChI=1S/C15H30O3/c1-3-5-7-9-12(16)15-11-13(17)14(18-15)10-8-6-4-2/h12-17H,3-11H2,1-2H3/t12-,13+,14+,15+/m1/s1. The number of hydrogen-bond donors (Lipinski definition) is 2. The third-order valence-electron chi connectivity index (χ3n) is 3.88. The van der Waals surface area contributed by atoms with Crippen molar-refractivity contribution in [2.75, 3.05) is 0 Å².